The van der Waals surface area contributed by atoms with Crippen molar-refractivity contribution >= 4 is 5.65 Å². The molecule has 98 valence electrons. The van der Waals surface area contributed by atoms with E-state index in [2.05, 4.69) is 10.2 Å². The maximum Gasteiger partial charge on any atom is 0.417 e. The first-order valence-electron chi connectivity index (χ1n) is 5.23. The van der Waals surface area contributed by atoms with E-state index < -0.39 is 17.8 Å². The lowest BCUT2D eigenvalue weighted by molar-refractivity contribution is -0.137. The predicted octanol–water partition coefficient (Wildman–Crippen LogP) is 1.13. The summed E-state index contributed by atoms with van der Waals surface area (Å²) in [6.07, 6.45) is -4.41. The fourth-order valence-corrected chi connectivity index (χ4v) is 1.59. The second-order valence-corrected chi connectivity index (χ2v) is 3.80. The van der Waals surface area contributed by atoms with Gasteiger partial charge in [-0.2, -0.15) is 13.2 Å². The highest BCUT2D eigenvalue weighted by molar-refractivity contribution is 5.40. The number of hydrogen-bond donors (Lipinski definition) is 2. The van der Waals surface area contributed by atoms with Crippen LogP contribution in [0.15, 0.2) is 18.3 Å². The van der Waals surface area contributed by atoms with Gasteiger partial charge in [-0.25, -0.2) is 0 Å². The number of nitrogens with zero attached hydrogens (tertiary/aromatic N) is 3. The van der Waals surface area contributed by atoms with Crippen LogP contribution < -0.4 is 5.73 Å². The molecule has 0 spiro atoms. The molecule has 2 rings (SSSR count). The average molecular weight is 260 g/mol. The maximum atomic E-state index is 12.6. The van der Waals surface area contributed by atoms with Crippen molar-refractivity contribution in [1.82, 2.24) is 14.6 Å². The molecule has 2 aromatic rings. The van der Waals surface area contributed by atoms with Crippen molar-refractivity contribution in [1.29, 1.82) is 0 Å². The Morgan fingerprint density at radius 2 is 2.06 bits per heavy atom. The third-order valence-electron chi connectivity index (χ3n) is 2.49. The highest BCUT2D eigenvalue weighted by atomic mass is 19.4. The molecule has 0 aliphatic carbocycles. The molecule has 0 aromatic carbocycles. The SMILES string of the molecule is NCCC(O)c1nnc2ccc(C(F)(F)F)cn12. The lowest BCUT2D eigenvalue weighted by Crippen LogP contribution is -2.11. The molecule has 3 N–H and O–H groups in total. The second-order valence-electron chi connectivity index (χ2n) is 3.80. The van der Waals surface area contributed by atoms with E-state index in [1.165, 1.54) is 6.07 Å². The number of fused-ring (bicyclic) bond motifs is 1. The molecule has 0 aliphatic rings. The first-order valence-corrected chi connectivity index (χ1v) is 5.23. The van der Waals surface area contributed by atoms with E-state index in [4.69, 9.17) is 5.73 Å². The van der Waals surface area contributed by atoms with Crippen molar-refractivity contribution in [3.05, 3.63) is 29.7 Å². The van der Waals surface area contributed by atoms with Crippen LogP contribution in [0.25, 0.3) is 5.65 Å². The van der Waals surface area contributed by atoms with Crippen molar-refractivity contribution in [3.63, 3.8) is 0 Å². The highest BCUT2D eigenvalue weighted by Crippen LogP contribution is 2.29. The zero-order chi connectivity index (χ0) is 13.3. The Kier molecular flexibility index (Phi) is 3.22. The van der Waals surface area contributed by atoms with Gasteiger partial charge in [0.1, 0.15) is 6.10 Å². The molecular weight excluding hydrogens is 249 g/mol. The topological polar surface area (TPSA) is 76.4 Å². The third kappa shape index (κ3) is 2.29. The summed E-state index contributed by atoms with van der Waals surface area (Å²) in [6.45, 7) is 0.203. The van der Waals surface area contributed by atoms with Crippen molar-refractivity contribution in [2.24, 2.45) is 5.73 Å². The van der Waals surface area contributed by atoms with E-state index in [0.717, 1.165) is 16.7 Å². The molecule has 18 heavy (non-hydrogen) atoms. The van der Waals surface area contributed by atoms with Gasteiger partial charge in [0.25, 0.3) is 0 Å². The van der Waals surface area contributed by atoms with E-state index in [-0.39, 0.29) is 24.4 Å². The van der Waals surface area contributed by atoms with Gasteiger partial charge in [-0.1, -0.05) is 0 Å². The summed E-state index contributed by atoms with van der Waals surface area (Å²) >= 11 is 0. The first-order chi connectivity index (χ1) is 8.43. The van der Waals surface area contributed by atoms with Gasteiger partial charge in [0, 0.05) is 6.20 Å². The molecule has 1 unspecified atom stereocenters. The van der Waals surface area contributed by atoms with E-state index in [0.29, 0.717) is 0 Å². The summed E-state index contributed by atoms with van der Waals surface area (Å²) in [4.78, 5) is 0. The summed E-state index contributed by atoms with van der Waals surface area (Å²) in [5.41, 5.74) is 4.70. The van der Waals surface area contributed by atoms with Crippen molar-refractivity contribution in [2.45, 2.75) is 18.7 Å². The minimum absolute atomic E-state index is 0.0570. The average Bonchev–Trinajstić information content (AvgIpc) is 2.70. The fraction of sp³-hybridized carbons (Fsp3) is 0.400. The Labute approximate surface area is 100 Å². The standard InChI is InChI=1S/C10H11F3N4O/c11-10(12,13)6-1-2-8-15-16-9(17(8)5-6)7(18)3-4-14/h1-2,5,7,18H,3-4,14H2. The predicted molar refractivity (Wildman–Crippen MR) is 56.6 cm³/mol. The number of pyridine rings is 1. The summed E-state index contributed by atoms with van der Waals surface area (Å²) in [6, 6.07) is 2.12. The van der Waals surface area contributed by atoms with Gasteiger partial charge in [-0.05, 0) is 25.1 Å². The van der Waals surface area contributed by atoms with Crippen LogP contribution in [-0.2, 0) is 6.18 Å². The van der Waals surface area contributed by atoms with Crippen LogP contribution in [0.2, 0.25) is 0 Å². The second kappa shape index (κ2) is 4.54. The van der Waals surface area contributed by atoms with Gasteiger partial charge in [-0.3, -0.25) is 4.40 Å². The molecule has 8 heteroatoms. The fourth-order valence-electron chi connectivity index (χ4n) is 1.59. The van der Waals surface area contributed by atoms with Crippen LogP contribution >= 0.6 is 0 Å². The maximum absolute atomic E-state index is 12.6. The number of alkyl halides is 3. The monoisotopic (exact) mass is 260 g/mol. The number of halogens is 3. The quantitative estimate of drug-likeness (QED) is 0.867. The van der Waals surface area contributed by atoms with Gasteiger partial charge in [-0.15, -0.1) is 10.2 Å². The molecule has 0 saturated carbocycles. The van der Waals surface area contributed by atoms with Crippen LogP contribution in [0, 0.1) is 0 Å². The summed E-state index contributed by atoms with van der Waals surface area (Å²) in [7, 11) is 0. The van der Waals surface area contributed by atoms with Crippen LogP contribution in [0.3, 0.4) is 0 Å². The summed E-state index contributed by atoms with van der Waals surface area (Å²) < 4.78 is 38.8. The van der Waals surface area contributed by atoms with Crippen LogP contribution in [-0.4, -0.2) is 26.2 Å². The summed E-state index contributed by atoms with van der Waals surface area (Å²) in [5.74, 6) is 0.0570. The largest absolute Gasteiger partial charge is 0.417 e. The Bertz CT molecular complexity index is 552. The Morgan fingerprint density at radius 1 is 1.33 bits per heavy atom. The molecular formula is C10H11F3N4O. The zero-order valence-corrected chi connectivity index (χ0v) is 9.22. The van der Waals surface area contributed by atoms with Gasteiger partial charge < -0.3 is 10.8 Å². The van der Waals surface area contributed by atoms with Crippen LogP contribution in [0.1, 0.15) is 23.9 Å². The molecule has 0 saturated heterocycles. The Balaban J connectivity index is 2.50. The molecule has 5 nitrogen and oxygen atoms in total. The van der Waals surface area contributed by atoms with Crippen molar-refractivity contribution in [3.8, 4) is 0 Å². The minimum atomic E-state index is -4.45. The molecule has 2 aromatic heterocycles. The molecule has 1 atom stereocenters. The third-order valence-corrected chi connectivity index (χ3v) is 2.49. The molecule has 0 aliphatic heterocycles. The van der Waals surface area contributed by atoms with Gasteiger partial charge in [0.05, 0.1) is 5.56 Å². The number of aliphatic hydroxyl groups is 1. The van der Waals surface area contributed by atoms with Crippen molar-refractivity contribution < 1.29 is 18.3 Å². The van der Waals surface area contributed by atoms with Gasteiger partial charge >= 0.3 is 6.18 Å². The Hall–Kier alpha value is -1.67. The van der Waals surface area contributed by atoms with E-state index in [1.807, 2.05) is 0 Å². The van der Waals surface area contributed by atoms with Gasteiger partial charge in [0.15, 0.2) is 11.5 Å². The van der Waals surface area contributed by atoms with E-state index in [9.17, 15) is 18.3 Å². The molecule has 0 bridgehead atoms. The molecule has 2 heterocycles. The zero-order valence-electron chi connectivity index (χ0n) is 9.22. The van der Waals surface area contributed by atoms with Crippen LogP contribution in [0.5, 0.6) is 0 Å². The number of hydrogen-bond acceptors (Lipinski definition) is 4. The van der Waals surface area contributed by atoms with Crippen LogP contribution in [0.4, 0.5) is 13.2 Å². The smallest absolute Gasteiger partial charge is 0.385 e. The Morgan fingerprint density at radius 3 is 2.67 bits per heavy atom. The summed E-state index contributed by atoms with van der Waals surface area (Å²) in [5, 5.41) is 17.1. The number of aromatic nitrogens is 3. The number of aliphatic hydroxyl groups excluding tert-OH is 1. The van der Waals surface area contributed by atoms with E-state index in [1.54, 1.807) is 0 Å². The highest BCUT2D eigenvalue weighted by Gasteiger charge is 2.31. The molecule has 0 amide bonds. The molecule has 0 radical (unpaired) electrons. The lowest BCUT2D eigenvalue weighted by atomic mass is 10.2. The van der Waals surface area contributed by atoms with Gasteiger partial charge in [0.2, 0.25) is 0 Å². The minimum Gasteiger partial charge on any atom is -0.385 e. The normalized spacial score (nSPS) is 14.1. The van der Waals surface area contributed by atoms with Crippen molar-refractivity contribution in [2.75, 3.05) is 6.54 Å². The first kappa shape index (κ1) is 12.8. The molecule has 0 fully saturated rings. The number of nitrogens with two attached hydrogens (primary N) is 1. The lowest BCUT2D eigenvalue weighted by Gasteiger charge is -2.09. The van der Waals surface area contributed by atoms with E-state index >= 15 is 0 Å². The number of rotatable bonds is 3.